The summed E-state index contributed by atoms with van der Waals surface area (Å²) in [5.74, 6) is 0.381. The minimum Gasteiger partial charge on any atom is -0.744 e. The maximum atomic E-state index is 11.9. The second-order valence-corrected chi connectivity index (χ2v) is 10.3. The first-order valence-corrected chi connectivity index (χ1v) is 14.2. The van der Waals surface area contributed by atoms with Gasteiger partial charge in [-0.1, -0.05) is 12.1 Å². The van der Waals surface area contributed by atoms with E-state index in [1.165, 1.54) is 18.2 Å². The summed E-state index contributed by atoms with van der Waals surface area (Å²) in [6, 6.07) is 12.5. The third-order valence-electron chi connectivity index (χ3n) is 4.45. The fourth-order valence-corrected chi connectivity index (χ4v) is 4.42. The molecule has 0 amide bonds. The topological polar surface area (TPSA) is 198 Å². The van der Waals surface area contributed by atoms with Gasteiger partial charge < -0.3 is 9.87 Å². The zero-order valence-corrected chi connectivity index (χ0v) is 29.9. The Kier molecular flexibility index (Phi) is 16.5. The molecule has 0 aliphatic carbocycles. The summed E-state index contributed by atoms with van der Waals surface area (Å²) in [6.07, 6.45) is 3.46. The average molecular weight is 709 g/mol. The number of nitrogens with one attached hydrogen (secondary N) is 1. The van der Waals surface area contributed by atoms with Crippen molar-refractivity contribution in [3.8, 4) is 0 Å². The number of hydrogen-bond acceptors (Lipinski definition) is 13. The first-order valence-electron chi connectivity index (χ1n) is 10.2. The van der Waals surface area contributed by atoms with Crippen LogP contribution in [-0.2, 0) is 27.1 Å². The van der Waals surface area contributed by atoms with E-state index < -0.39 is 25.6 Å². The molecule has 4 rings (SSSR count). The minimum atomic E-state index is -4.81. The molecule has 42 heavy (non-hydrogen) atoms. The van der Waals surface area contributed by atoms with Crippen LogP contribution in [0.2, 0.25) is 21.1 Å². The van der Waals surface area contributed by atoms with Crippen LogP contribution in [0.1, 0.15) is 22.5 Å². The Hall–Kier alpha value is -1.31. The Morgan fingerprint density at radius 3 is 1.88 bits per heavy atom. The molecule has 208 valence electrons. The van der Waals surface area contributed by atoms with Gasteiger partial charge in [-0.05, 0) is 70.5 Å². The fourth-order valence-electron chi connectivity index (χ4n) is 2.97. The Balaban J connectivity index is 0.00000138. The maximum absolute atomic E-state index is 11.9. The number of hydrogen-bond donors (Lipinski definition) is 1. The van der Waals surface area contributed by atoms with E-state index >= 15 is 0 Å². The van der Waals surface area contributed by atoms with Crippen LogP contribution < -0.4 is 64.4 Å². The Bertz CT molecular complexity index is 1760. The normalized spacial score (nSPS) is 10.6. The minimum absolute atomic E-state index is 0. The van der Waals surface area contributed by atoms with Crippen LogP contribution in [-0.4, -0.2) is 55.5 Å². The van der Waals surface area contributed by atoms with Gasteiger partial charge in [0, 0.05) is 5.69 Å². The number of anilines is 2. The van der Waals surface area contributed by atoms with E-state index in [0.717, 1.165) is 11.6 Å². The number of aromatic nitrogens is 6. The fraction of sp³-hybridized carbons (Fsp3) is 0.0476. The molecule has 0 unspecified atom stereocenters. The van der Waals surface area contributed by atoms with Crippen LogP contribution in [0.5, 0.6) is 0 Å². The predicted octanol–water partition coefficient (Wildman–Crippen LogP) is -2.12. The van der Waals surface area contributed by atoms with Gasteiger partial charge in [0.15, 0.2) is 0 Å². The second kappa shape index (κ2) is 17.9. The Morgan fingerprint density at radius 1 is 0.833 bits per heavy atom. The molecule has 0 saturated carbocycles. The van der Waals surface area contributed by atoms with Crippen LogP contribution >= 0.6 is 46.4 Å². The van der Waals surface area contributed by atoms with Crippen LogP contribution in [0.3, 0.4) is 0 Å². The molecule has 0 bridgehead atoms. The van der Waals surface area contributed by atoms with Gasteiger partial charge >= 0.3 is 69.7 Å². The summed E-state index contributed by atoms with van der Waals surface area (Å²) >= 11 is 23.1. The van der Waals surface area contributed by atoms with Gasteiger partial charge in [-0.2, -0.15) is 25.5 Å². The standard InChI is InChI=1S/C21H12Cl4N7O3S.2Na.O3S/c22-17-27-16(28-18(23)29-17)9-12-3-1-11(2-4-12)5-6-13-7-8-14(10-15(13)36(33,34)35)26-21-31-19(24)30-20(25)32-21;;;1-4(2)3/h1,3-8,10H,9H2,(H,33,34,35)(H,26,30,31,32);;;/q-1;2*+1;/p-1/b6-5+;;;. The molecule has 0 fully saturated rings. The summed E-state index contributed by atoms with van der Waals surface area (Å²) in [6.45, 7) is 0. The molecule has 13 nitrogen and oxygen atoms in total. The quantitative estimate of drug-likeness (QED) is 0.0948. The van der Waals surface area contributed by atoms with E-state index in [9.17, 15) is 13.0 Å². The van der Waals surface area contributed by atoms with Crippen molar-refractivity contribution in [1.29, 1.82) is 0 Å². The predicted molar refractivity (Wildman–Crippen MR) is 144 cm³/mol. The number of nitrogens with zero attached hydrogens (tertiary/aromatic N) is 6. The van der Waals surface area contributed by atoms with E-state index in [-0.39, 0.29) is 97.4 Å². The average Bonchev–Trinajstić information content (AvgIpc) is 2.82. The van der Waals surface area contributed by atoms with Crippen molar-refractivity contribution in [3.05, 3.63) is 86.1 Å². The second-order valence-electron chi connectivity index (χ2n) is 7.19. The van der Waals surface area contributed by atoms with Gasteiger partial charge in [0.05, 0.1) is 4.90 Å². The third kappa shape index (κ3) is 13.1. The van der Waals surface area contributed by atoms with Crippen molar-refractivity contribution in [2.45, 2.75) is 11.3 Å². The van der Waals surface area contributed by atoms with Crippen LogP contribution in [0, 0.1) is 6.07 Å². The van der Waals surface area contributed by atoms with Gasteiger partial charge in [-0.15, -0.1) is 48.5 Å². The number of halogens is 4. The molecule has 0 atom stereocenters. The Labute approximate surface area is 304 Å². The van der Waals surface area contributed by atoms with Crippen molar-refractivity contribution >= 4 is 90.9 Å². The summed E-state index contributed by atoms with van der Waals surface area (Å²) in [5, 5.41) is 2.43. The smallest absolute Gasteiger partial charge is 0.744 e. The maximum Gasteiger partial charge on any atom is 1.00 e. The van der Waals surface area contributed by atoms with Gasteiger partial charge in [-0.3, -0.25) is 0 Å². The van der Waals surface area contributed by atoms with Crippen molar-refractivity contribution in [2.75, 3.05) is 5.32 Å². The molecule has 1 N–H and O–H groups in total. The van der Waals surface area contributed by atoms with Gasteiger partial charge in [0.25, 0.3) is 0 Å². The monoisotopic (exact) mass is 707 g/mol. The van der Waals surface area contributed by atoms with Gasteiger partial charge in [-0.25, -0.2) is 18.4 Å². The van der Waals surface area contributed by atoms with E-state index in [1.54, 1.807) is 18.2 Å². The van der Waals surface area contributed by atoms with E-state index in [2.05, 4.69) is 41.3 Å². The molecule has 2 aromatic heterocycles. The first-order chi connectivity index (χ1) is 18.8. The van der Waals surface area contributed by atoms with E-state index in [1.807, 2.05) is 6.07 Å². The SMILES string of the molecule is O=S(=O)([O-])c1cc(Nc2nc(Cl)nc(Cl)n2)ccc1/C=C/c1[c-]cc(Cc2nc(Cl)nc(Cl)n2)cc1.O=S(=O)=O.[Na+].[Na+]. The Morgan fingerprint density at radius 2 is 1.38 bits per heavy atom. The van der Waals surface area contributed by atoms with Crippen molar-refractivity contribution < 1.29 is 84.7 Å². The van der Waals surface area contributed by atoms with E-state index in [0.29, 0.717) is 17.8 Å². The molecule has 0 aliphatic heterocycles. The van der Waals surface area contributed by atoms with E-state index in [4.69, 9.17) is 59.0 Å². The summed E-state index contributed by atoms with van der Waals surface area (Å²) in [7, 11) is -7.93. The number of benzene rings is 2. The largest absolute Gasteiger partial charge is 1.00 e. The zero-order chi connectivity index (χ0) is 29.4. The number of rotatable bonds is 7. The van der Waals surface area contributed by atoms with Gasteiger partial charge in [0.2, 0.25) is 27.1 Å². The van der Waals surface area contributed by atoms with Crippen LogP contribution in [0.25, 0.3) is 12.2 Å². The molecule has 2 aromatic carbocycles. The molecular formula is C21H11Cl4N7Na2O6S2. The first kappa shape index (κ1) is 38.7. The third-order valence-corrected chi connectivity index (χ3v) is 6.02. The van der Waals surface area contributed by atoms with Crippen molar-refractivity contribution in [3.63, 3.8) is 0 Å². The summed E-state index contributed by atoms with van der Waals surface area (Å²) in [4.78, 5) is 22.6. The molecule has 0 aliphatic rings. The molecular weight excluding hydrogens is 698 g/mol. The van der Waals surface area contributed by atoms with Gasteiger partial charge in [0.1, 0.15) is 15.9 Å². The zero-order valence-electron chi connectivity index (χ0n) is 21.3. The van der Waals surface area contributed by atoms with Crippen molar-refractivity contribution in [1.82, 2.24) is 29.9 Å². The van der Waals surface area contributed by atoms with Crippen LogP contribution in [0.4, 0.5) is 11.6 Å². The summed E-state index contributed by atoms with van der Waals surface area (Å²) in [5.41, 5.74) is 1.88. The summed E-state index contributed by atoms with van der Waals surface area (Å²) < 4.78 is 61.0. The molecule has 0 radical (unpaired) electrons. The molecule has 21 heteroatoms. The molecule has 4 aromatic rings. The van der Waals surface area contributed by atoms with Crippen LogP contribution in [0.15, 0.2) is 41.3 Å². The molecule has 2 heterocycles. The van der Waals surface area contributed by atoms with Crippen molar-refractivity contribution in [2.24, 2.45) is 0 Å². The molecule has 0 spiro atoms. The molecule has 0 saturated heterocycles.